The molecule has 1 unspecified atom stereocenters. The summed E-state index contributed by atoms with van der Waals surface area (Å²) in [6.45, 7) is 3.59. The van der Waals surface area contributed by atoms with Gasteiger partial charge in [0.15, 0.2) is 0 Å². The van der Waals surface area contributed by atoms with Gasteiger partial charge in [-0.25, -0.2) is 0 Å². The average molecular weight is 346 g/mol. The number of fused-ring (bicyclic) bond motifs is 2. The topological polar surface area (TPSA) is 75.1 Å². The van der Waals surface area contributed by atoms with Crippen LogP contribution in [0.25, 0.3) is 21.9 Å². The van der Waals surface area contributed by atoms with Gasteiger partial charge in [0, 0.05) is 22.0 Å². The Morgan fingerprint density at radius 1 is 1.08 bits per heavy atom. The molecule has 130 valence electrons. The number of hydrogen-bond acceptors (Lipinski definition) is 3. The molecule has 0 saturated heterocycles. The molecule has 4 aromatic rings. The van der Waals surface area contributed by atoms with Crippen LogP contribution in [0.3, 0.4) is 0 Å². The fraction of sp³-hybridized carbons (Fsp3) is 0.143. The first-order valence-electron chi connectivity index (χ1n) is 8.45. The fourth-order valence-corrected chi connectivity index (χ4v) is 3.23. The van der Waals surface area contributed by atoms with E-state index in [0.717, 1.165) is 21.9 Å². The van der Waals surface area contributed by atoms with Crippen LogP contribution in [0, 0.1) is 6.92 Å². The van der Waals surface area contributed by atoms with Crippen LogP contribution in [0.15, 0.2) is 59.0 Å². The van der Waals surface area contributed by atoms with Gasteiger partial charge in [-0.05, 0) is 32.0 Å². The van der Waals surface area contributed by atoms with Gasteiger partial charge in [-0.1, -0.05) is 36.4 Å². The number of benzene rings is 2. The van der Waals surface area contributed by atoms with Crippen molar-refractivity contribution in [2.24, 2.45) is 0 Å². The second-order valence-electron chi connectivity index (χ2n) is 6.38. The first kappa shape index (κ1) is 16.1. The number of hydrogen-bond donors (Lipinski definition) is 2. The Kier molecular flexibility index (Phi) is 3.84. The second kappa shape index (κ2) is 6.19. The van der Waals surface area contributed by atoms with E-state index in [2.05, 4.69) is 10.3 Å². The van der Waals surface area contributed by atoms with Crippen molar-refractivity contribution in [1.29, 1.82) is 0 Å². The molecule has 0 bridgehead atoms. The minimum atomic E-state index is -0.647. The summed E-state index contributed by atoms with van der Waals surface area (Å²) in [6.07, 6.45) is 0. The summed E-state index contributed by atoms with van der Waals surface area (Å²) < 4.78 is 5.76. The summed E-state index contributed by atoms with van der Waals surface area (Å²) in [6, 6.07) is 16.5. The Morgan fingerprint density at radius 3 is 2.62 bits per heavy atom. The largest absolute Gasteiger partial charge is 0.459 e. The number of aryl methyl sites for hydroxylation is 1. The summed E-state index contributed by atoms with van der Waals surface area (Å²) in [7, 11) is 0. The maximum absolute atomic E-state index is 12.7. The third-order valence-electron chi connectivity index (χ3n) is 4.55. The Hall–Kier alpha value is -3.34. The van der Waals surface area contributed by atoms with E-state index in [4.69, 9.17) is 4.42 Å². The van der Waals surface area contributed by atoms with E-state index < -0.39 is 17.7 Å². The number of rotatable bonds is 4. The van der Waals surface area contributed by atoms with Crippen LogP contribution >= 0.6 is 0 Å². The zero-order valence-corrected chi connectivity index (χ0v) is 14.5. The van der Waals surface area contributed by atoms with Crippen molar-refractivity contribution in [2.75, 3.05) is 0 Å². The number of carbonyl (C=O) groups excluding carboxylic acids is 2. The quantitative estimate of drug-likeness (QED) is 0.428. The molecule has 0 aliphatic carbocycles. The molecular formula is C21H18N2O3. The fourth-order valence-electron chi connectivity index (χ4n) is 3.23. The molecule has 0 spiro atoms. The maximum atomic E-state index is 12.7. The number of ketones is 1. The van der Waals surface area contributed by atoms with Gasteiger partial charge in [-0.2, -0.15) is 0 Å². The highest BCUT2D eigenvalue weighted by Crippen LogP contribution is 2.25. The molecule has 1 amide bonds. The first-order chi connectivity index (χ1) is 12.5. The highest BCUT2D eigenvalue weighted by molar-refractivity contribution is 6.45. The molecular weight excluding hydrogens is 328 g/mol. The van der Waals surface area contributed by atoms with Gasteiger partial charge in [0.1, 0.15) is 11.3 Å². The number of furan rings is 1. The standard InChI is InChI=1S/C21H18N2O3/c1-12(18-11-14-7-3-6-10-17(14)26-18)23-21(25)20(24)19-13(2)22-16-9-5-4-8-15(16)19/h3-12,22H,1-2H3,(H,23,25). The summed E-state index contributed by atoms with van der Waals surface area (Å²) in [4.78, 5) is 28.4. The van der Waals surface area contributed by atoms with Crippen LogP contribution in [0.4, 0.5) is 0 Å². The maximum Gasteiger partial charge on any atom is 0.293 e. The molecule has 26 heavy (non-hydrogen) atoms. The Morgan fingerprint density at radius 2 is 1.81 bits per heavy atom. The molecule has 4 rings (SSSR count). The van der Waals surface area contributed by atoms with E-state index in [9.17, 15) is 9.59 Å². The summed E-state index contributed by atoms with van der Waals surface area (Å²) in [5.41, 5.74) is 2.69. The molecule has 2 heterocycles. The van der Waals surface area contributed by atoms with Crippen LogP contribution in [-0.4, -0.2) is 16.7 Å². The van der Waals surface area contributed by atoms with Crippen molar-refractivity contribution < 1.29 is 14.0 Å². The van der Waals surface area contributed by atoms with Crippen molar-refractivity contribution in [1.82, 2.24) is 10.3 Å². The monoisotopic (exact) mass is 346 g/mol. The minimum Gasteiger partial charge on any atom is -0.459 e. The van der Waals surface area contributed by atoms with E-state index in [1.165, 1.54) is 0 Å². The summed E-state index contributed by atoms with van der Waals surface area (Å²) in [5.74, 6) is -0.586. The average Bonchev–Trinajstić information content (AvgIpc) is 3.21. The van der Waals surface area contributed by atoms with Crippen LogP contribution in [0.1, 0.15) is 34.8 Å². The lowest BCUT2D eigenvalue weighted by Crippen LogP contribution is -2.33. The molecule has 2 aromatic carbocycles. The number of nitrogens with one attached hydrogen (secondary N) is 2. The van der Waals surface area contributed by atoms with Crippen LogP contribution < -0.4 is 5.32 Å². The van der Waals surface area contributed by atoms with E-state index in [1.807, 2.05) is 54.6 Å². The Bertz CT molecular complexity index is 1100. The molecule has 0 aliphatic heterocycles. The van der Waals surface area contributed by atoms with Crippen molar-refractivity contribution in [3.05, 3.63) is 71.6 Å². The van der Waals surface area contributed by atoms with Crippen LogP contribution in [0.2, 0.25) is 0 Å². The zero-order chi connectivity index (χ0) is 18.3. The molecule has 5 heteroatoms. The summed E-state index contributed by atoms with van der Waals surface area (Å²) >= 11 is 0. The van der Waals surface area contributed by atoms with Gasteiger partial charge >= 0.3 is 0 Å². The second-order valence-corrected chi connectivity index (χ2v) is 6.38. The number of Topliss-reactive ketones (excluding diaryl/α,β-unsaturated/α-hetero) is 1. The molecule has 0 fully saturated rings. The van der Waals surface area contributed by atoms with Crippen LogP contribution in [0.5, 0.6) is 0 Å². The van der Waals surface area contributed by atoms with E-state index in [-0.39, 0.29) is 0 Å². The SMILES string of the molecule is Cc1[nH]c2ccccc2c1C(=O)C(=O)NC(C)c1cc2ccccc2o1. The van der Waals surface area contributed by atoms with Gasteiger partial charge in [-0.3, -0.25) is 9.59 Å². The smallest absolute Gasteiger partial charge is 0.293 e. The normalized spacial score (nSPS) is 12.4. The van der Waals surface area contributed by atoms with E-state index in [0.29, 0.717) is 17.0 Å². The van der Waals surface area contributed by atoms with Crippen LogP contribution in [-0.2, 0) is 4.79 Å². The highest BCUT2D eigenvalue weighted by atomic mass is 16.3. The molecule has 0 radical (unpaired) electrons. The first-order valence-corrected chi connectivity index (χ1v) is 8.45. The number of carbonyl (C=O) groups is 2. The number of amides is 1. The third-order valence-corrected chi connectivity index (χ3v) is 4.55. The number of aromatic amines is 1. The lowest BCUT2D eigenvalue weighted by Gasteiger charge is -2.10. The van der Waals surface area contributed by atoms with Gasteiger partial charge in [0.05, 0.1) is 11.6 Å². The minimum absolute atomic E-state index is 0.412. The highest BCUT2D eigenvalue weighted by Gasteiger charge is 2.25. The van der Waals surface area contributed by atoms with E-state index in [1.54, 1.807) is 13.8 Å². The lowest BCUT2D eigenvalue weighted by molar-refractivity contribution is -0.117. The number of H-pyrrole nitrogens is 1. The number of para-hydroxylation sites is 2. The molecule has 5 nitrogen and oxygen atoms in total. The molecule has 0 aliphatic rings. The van der Waals surface area contributed by atoms with Crippen molar-refractivity contribution in [3.8, 4) is 0 Å². The predicted octanol–water partition coefficient (Wildman–Crippen LogP) is 4.28. The van der Waals surface area contributed by atoms with E-state index >= 15 is 0 Å². The molecule has 2 N–H and O–H groups in total. The van der Waals surface area contributed by atoms with Crippen molar-refractivity contribution in [2.45, 2.75) is 19.9 Å². The van der Waals surface area contributed by atoms with Gasteiger partial charge in [-0.15, -0.1) is 0 Å². The van der Waals surface area contributed by atoms with Crippen molar-refractivity contribution in [3.63, 3.8) is 0 Å². The molecule has 1 atom stereocenters. The number of aromatic nitrogens is 1. The summed E-state index contributed by atoms with van der Waals surface area (Å²) in [5, 5.41) is 4.45. The third kappa shape index (κ3) is 2.67. The lowest BCUT2D eigenvalue weighted by atomic mass is 10.1. The zero-order valence-electron chi connectivity index (χ0n) is 14.5. The Labute approximate surface area is 150 Å². The van der Waals surface area contributed by atoms with Crippen molar-refractivity contribution >= 4 is 33.6 Å². The predicted molar refractivity (Wildman–Crippen MR) is 100 cm³/mol. The Balaban J connectivity index is 1.58. The van der Waals surface area contributed by atoms with Gasteiger partial charge in [0.25, 0.3) is 11.7 Å². The molecule has 2 aromatic heterocycles. The van der Waals surface area contributed by atoms with Gasteiger partial charge < -0.3 is 14.7 Å². The van der Waals surface area contributed by atoms with Gasteiger partial charge in [0.2, 0.25) is 0 Å². The molecule has 0 saturated carbocycles.